The van der Waals surface area contributed by atoms with Gasteiger partial charge in [0.25, 0.3) is 0 Å². The molecule has 6 heteroatoms. The summed E-state index contributed by atoms with van der Waals surface area (Å²) in [5, 5.41) is 0. The molecule has 0 aliphatic heterocycles. The summed E-state index contributed by atoms with van der Waals surface area (Å²) in [4.78, 5) is 8.96. The molecule has 0 saturated heterocycles. The second-order valence-corrected chi connectivity index (χ2v) is 5.28. The third-order valence-corrected chi connectivity index (χ3v) is 3.94. The number of hydrogen-bond acceptors (Lipinski definition) is 5. The third kappa shape index (κ3) is 3.10. The summed E-state index contributed by atoms with van der Waals surface area (Å²) in [7, 11) is 3.19. The molecular weight excluding hydrogens is 334 g/mol. The number of nitrogens with zero attached hydrogens (tertiary/aromatic N) is 2. The number of aryl methyl sites for hydroxylation is 1. The van der Waals surface area contributed by atoms with Crippen LogP contribution in [0.15, 0.2) is 22.7 Å². The van der Waals surface area contributed by atoms with Gasteiger partial charge >= 0.3 is 0 Å². The van der Waals surface area contributed by atoms with Gasteiger partial charge in [0.1, 0.15) is 5.82 Å². The van der Waals surface area contributed by atoms with Gasteiger partial charge in [-0.2, -0.15) is 0 Å². The number of nitrogens with two attached hydrogens (primary N) is 1. The fraction of sp³-hybridized carbons (Fsp3) is 0.333. The van der Waals surface area contributed by atoms with Crippen LogP contribution in [0.1, 0.15) is 19.0 Å². The monoisotopic (exact) mass is 351 g/mol. The largest absolute Gasteiger partial charge is 0.493 e. The van der Waals surface area contributed by atoms with E-state index in [2.05, 4.69) is 32.8 Å². The Morgan fingerprint density at radius 2 is 1.95 bits per heavy atom. The van der Waals surface area contributed by atoms with Gasteiger partial charge < -0.3 is 15.2 Å². The van der Waals surface area contributed by atoms with Crippen molar-refractivity contribution in [2.75, 3.05) is 20.0 Å². The number of para-hydroxylation sites is 1. The van der Waals surface area contributed by atoms with Crippen molar-refractivity contribution in [3.05, 3.63) is 28.4 Å². The molecule has 0 fully saturated rings. The highest BCUT2D eigenvalue weighted by Crippen LogP contribution is 2.37. The molecule has 0 saturated carbocycles. The van der Waals surface area contributed by atoms with Crippen LogP contribution in [0.5, 0.6) is 11.5 Å². The Bertz CT molecular complexity index is 647. The van der Waals surface area contributed by atoms with Gasteiger partial charge in [0.2, 0.25) is 0 Å². The normalized spacial score (nSPS) is 10.5. The van der Waals surface area contributed by atoms with Crippen molar-refractivity contribution in [1.82, 2.24) is 9.97 Å². The number of benzene rings is 1. The smallest absolute Gasteiger partial charge is 0.171 e. The summed E-state index contributed by atoms with van der Waals surface area (Å²) in [6.45, 7) is 2.09. The lowest BCUT2D eigenvalue weighted by molar-refractivity contribution is 0.356. The second-order valence-electron chi connectivity index (χ2n) is 4.48. The predicted molar refractivity (Wildman–Crippen MR) is 86.7 cm³/mol. The van der Waals surface area contributed by atoms with Gasteiger partial charge in [-0.05, 0) is 34.5 Å². The van der Waals surface area contributed by atoms with Crippen LogP contribution in [0.4, 0.5) is 5.82 Å². The average molecular weight is 352 g/mol. The highest BCUT2D eigenvalue weighted by atomic mass is 79.9. The minimum atomic E-state index is 0.424. The summed E-state index contributed by atoms with van der Waals surface area (Å²) in [6.07, 6.45) is 1.80. The molecule has 0 radical (unpaired) electrons. The fourth-order valence-corrected chi connectivity index (χ4v) is 2.47. The maximum Gasteiger partial charge on any atom is 0.171 e. The van der Waals surface area contributed by atoms with Crippen molar-refractivity contribution in [3.8, 4) is 22.9 Å². The van der Waals surface area contributed by atoms with E-state index >= 15 is 0 Å². The summed E-state index contributed by atoms with van der Waals surface area (Å²) < 4.78 is 11.5. The number of halogens is 1. The van der Waals surface area contributed by atoms with E-state index in [1.54, 1.807) is 14.2 Å². The first-order valence-corrected chi connectivity index (χ1v) is 7.44. The maximum atomic E-state index is 5.98. The van der Waals surface area contributed by atoms with Crippen LogP contribution in [0.2, 0.25) is 0 Å². The molecule has 0 aliphatic rings. The summed E-state index contributed by atoms with van der Waals surface area (Å²) in [6, 6.07) is 5.59. The van der Waals surface area contributed by atoms with Crippen LogP contribution >= 0.6 is 15.9 Å². The predicted octanol–water partition coefficient (Wildman–Crippen LogP) is 3.46. The van der Waals surface area contributed by atoms with E-state index in [0.717, 1.165) is 28.6 Å². The standard InChI is InChI=1S/C15H18BrN3O2/c1-4-6-10-12(16)14(17)19-15(18-10)9-7-5-8-11(20-2)13(9)21-3/h5,7-8H,4,6H2,1-3H3,(H2,17,18,19). The number of hydrogen-bond donors (Lipinski definition) is 1. The van der Waals surface area contributed by atoms with Gasteiger partial charge in [-0.1, -0.05) is 19.4 Å². The fourth-order valence-electron chi connectivity index (χ4n) is 2.10. The molecule has 0 unspecified atom stereocenters. The molecule has 1 heterocycles. The average Bonchev–Trinajstić information content (AvgIpc) is 2.50. The Hall–Kier alpha value is -1.82. The minimum absolute atomic E-state index is 0.424. The zero-order valence-electron chi connectivity index (χ0n) is 12.3. The molecule has 21 heavy (non-hydrogen) atoms. The number of nitrogen functional groups attached to an aromatic ring is 1. The number of rotatable bonds is 5. The lowest BCUT2D eigenvalue weighted by atomic mass is 10.1. The topological polar surface area (TPSA) is 70.3 Å². The molecule has 112 valence electrons. The Morgan fingerprint density at radius 1 is 1.19 bits per heavy atom. The van der Waals surface area contributed by atoms with Gasteiger partial charge in [0.15, 0.2) is 17.3 Å². The van der Waals surface area contributed by atoms with Crippen LogP contribution in [-0.2, 0) is 6.42 Å². The van der Waals surface area contributed by atoms with Gasteiger partial charge in [0, 0.05) is 0 Å². The number of aromatic nitrogens is 2. The summed E-state index contributed by atoms with van der Waals surface area (Å²) >= 11 is 3.45. The number of methoxy groups -OCH3 is 2. The van der Waals surface area contributed by atoms with Gasteiger partial charge in [-0.3, -0.25) is 0 Å². The molecule has 5 nitrogen and oxygen atoms in total. The van der Waals surface area contributed by atoms with Crippen molar-refractivity contribution in [3.63, 3.8) is 0 Å². The van der Waals surface area contributed by atoms with E-state index < -0.39 is 0 Å². The zero-order valence-corrected chi connectivity index (χ0v) is 13.9. The van der Waals surface area contributed by atoms with E-state index in [0.29, 0.717) is 23.1 Å². The SMILES string of the molecule is CCCc1nc(-c2cccc(OC)c2OC)nc(N)c1Br. The first kappa shape index (κ1) is 15.6. The Labute approximate surface area is 132 Å². The molecule has 0 amide bonds. The molecule has 1 aromatic carbocycles. The molecule has 2 N–H and O–H groups in total. The lowest BCUT2D eigenvalue weighted by Crippen LogP contribution is -2.04. The van der Waals surface area contributed by atoms with E-state index in [-0.39, 0.29) is 0 Å². The minimum Gasteiger partial charge on any atom is -0.493 e. The van der Waals surface area contributed by atoms with Crippen molar-refractivity contribution in [2.45, 2.75) is 19.8 Å². The summed E-state index contributed by atoms with van der Waals surface area (Å²) in [5.41, 5.74) is 7.63. The first-order valence-electron chi connectivity index (χ1n) is 6.65. The van der Waals surface area contributed by atoms with Crippen LogP contribution in [0.25, 0.3) is 11.4 Å². The molecule has 0 atom stereocenters. The number of ether oxygens (including phenoxy) is 2. The molecule has 2 aromatic rings. The van der Waals surface area contributed by atoms with Crippen molar-refractivity contribution in [2.24, 2.45) is 0 Å². The van der Waals surface area contributed by atoms with Crippen LogP contribution in [-0.4, -0.2) is 24.2 Å². The van der Waals surface area contributed by atoms with Gasteiger partial charge in [-0.25, -0.2) is 9.97 Å². The summed E-state index contributed by atoms with van der Waals surface area (Å²) in [5.74, 6) is 2.20. The van der Waals surface area contributed by atoms with Gasteiger partial charge in [0.05, 0.1) is 29.9 Å². The molecule has 1 aromatic heterocycles. The second kappa shape index (κ2) is 6.76. The van der Waals surface area contributed by atoms with Crippen molar-refractivity contribution in [1.29, 1.82) is 0 Å². The molecular formula is C15H18BrN3O2. The van der Waals surface area contributed by atoms with E-state index in [1.807, 2.05) is 18.2 Å². The van der Waals surface area contributed by atoms with Crippen molar-refractivity contribution < 1.29 is 9.47 Å². The Morgan fingerprint density at radius 3 is 2.57 bits per heavy atom. The highest BCUT2D eigenvalue weighted by molar-refractivity contribution is 9.10. The van der Waals surface area contributed by atoms with Crippen molar-refractivity contribution >= 4 is 21.7 Å². The Balaban J connectivity index is 2.62. The maximum absolute atomic E-state index is 5.98. The van der Waals surface area contributed by atoms with Gasteiger partial charge in [-0.15, -0.1) is 0 Å². The molecule has 0 spiro atoms. The quantitative estimate of drug-likeness (QED) is 0.892. The van der Waals surface area contributed by atoms with Crippen LogP contribution in [0, 0.1) is 0 Å². The third-order valence-electron chi connectivity index (χ3n) is 3.08. The molecule has 0 aliphatic carbocycles. The zero-order chi connectivity index (χ0) is 15.4. The van der Waals surface area contributed by atoms with Crippen LogP contribution < -0.4 is 15.2 Å². The Kier molecular flexibility index (Phi) is 5.01. The van der Waals surface area contributed by atoms with E-state index in [4.69, 9.17) is 15.2 Å². The van der Waals surface area contributed by atoms with E-state index in [1.165, 1.54) is 0 Å². The number of anilines is 1. The first-order chi connectivity index (χ1) is 10.1. The highest BCUT2D eigenvalue weighted by Gasteiger charge is 2.17. The van der Waals surface area contributed by atoms with Crippen LogP contribution in [0.3, 0.4) is 0 Å². The van der Waals surface area contributed by atoms with E-state index in [9.17, 15) is 0 Å². The molecule has 0 bridgehead atoms. The lowest BCUT2D eigenvalue weighted by Gasteiger charge is -2.13. The molecule has 2 rings (SSSR count).